The number of nitriles is 1. The third kappa shape index (κ3) is 2.79. The molecule has 1 aromatic carbocycles. The van der Waals surface area contributed by atoms with Crippen LogP contribution in [0.25, 0.3) is 0 Å². The van der Waals surface area contributed by atoms with E-state index in [1.807, 2.05) is 12.1 Å². The zero-order valence-corrected chi connectivity index (χ0v) is 10.4. The first-order chi connectivity index (χ1) is 8.20. The van der Waals surface area contributed by atoms with E-state index >= 15 is 0 Å². The predicted octanol–water partition coefficient (Wildman–Crippen LogP) is 3.37. The molecule has 1 heterocycles. The zero-order chi connectivity index (χ0) is 12.3. The van der Waals surface area contributed by atoms with Gasteiger partial charge < -0.3 is 4.98 Å². The van der Waals surface area contributed by atoms with Crippen molar-refractivity contribution < 1.29 is 0 Å². The minimum atomic E-state index is 0.440. The van der Waals surface area contributed by atoms with E-state index in [4.69, 9.17) is 28.5 Å². The van der Waals surface area contributed by atoms with Crippen molar-refractivity contribution >= 4 is 23.2 Å². The molecule has 17 heavy (non-hydrogen) atoms. The summed E-state index contributed by atoms with van der Waals surface area (Å²) < 4.78 is 0. The summed E-state index contributed by atoms with van der Waals surface area (Å²) in [6, 6.07) is 7.46. The predicted molar refractivity (Wildman–Crippen MR) is 67.2 cm³/mol. The molecular formula is C12H9Cl2N3. The molecule has 1 aromatic heterocycles. The quantitative estimate of drug-likeness (QED) is 0.925. The molecule has 5 heteroatoms. The van der Waals surface area contributed by atoms with E-state index in [9.17, 15) is 0 Å². The van der Waals surface area contributed by atoms with Crippen molar-refractivity contribution in [3.05, 3.63) is 51.5 Å². The lowest BCUT2D eigenvalue weighted by Crippen LogP contribution is -1.95. The van der Waals surface area contributed by atoms with E-state index in [-0.39, 0.29) is 0 Å². The highest BCUT2D eigenvalue weighted by Crippen LogP contribution is 2.22. The highest BCUT2D eigenvalue weighted by molar-refractivity contribution is 6.35. The van der Waals surface area contributed by atoms with Crippen molar-refractivity contribution in [2.75, 3.05) is 0 Å². The maximum Gasteiger partial charge on any atom is 0.161 e. The smallest absolute Gasteiger partial charge is 0.161 e. The van der Waals surface area contributed by atoms with E-state index in [1.165, 1.54) is 6.33 Å². The minimum absolute atomic E-state index is 0.440. The van der Waals surface area contributed by atoms with Crippen LogP contribution in [-0.2, 0) is 12.8 Å². The minimum Gasteiger partial charge on any atom is -0.347 e. The fourth-order valence-corrected chi connectivity index (χ4v) is 2.10. The molecule has 86 valence electrons. The van der Waals surface area contributed by atoms with Gasteiger partial charge in [0.15, 0.2) is 5.69 Å². The molecule has 0 aliphatic rings. The molecule has 3 nitrogen and oxygen atoms in total. The average molecular weight is 266 g/mol. The van der Waals surface area contributed by atoms with Crippen molar-refractivity contribution in [3.8, 4) is 6.07 Å². The van der Waals surface area contributed by atoms with Crippen LogP contribution in [0.5, 0.6) is 0 Å². The van der Waals surface area contributed by atoms with Gasteiger partial charge in [0.2, 0.25) is 0 Å². The Morgan fingerprint density at radius 3 is 2.82 bits per heavy atom. The summed E-state index contributed by atoms with van der Waals surface area (Å²) >= 11 is 11.9. The van der Waals surface area contributed by atoms with Gasteiger partial charge in [-0.05, 0) is 30.5 Å². The number of halogens is 2. The van der Waals surface area contributed by atoms with Gasteiger partial charge in [0.05, 0.1) is 12.0 Å². The maximum absolute atomic E-state index is 8.82. The lowest BCUT2D eigenvalue weighted by molar-refractivity contribution is 0.921. The molecule has 2 aromatic rings. The summed E-state index contributed by atoms with van der Waals surface area (Å²) in [5, 5.41) is 10.1. The van der Waals surface area contributed by atoms with Crippen LogP contribution in [0.4, 0.5) is 0 Å². The van der Waals surface area contributed by atoms with Gasteiger partial charge in [-0.3, -0.25) is 0 Å². The van der Waals surface area contributed by atoms with Gasteiger partial charge in [-0.1, -0.05) is 29.3 Å². The maximum atomic E-state index is 8.82. The second-order valence-electron chi connectivity index (χ2n) is 3.58. The van der Waals surface area contributed by atoms with Crippen molar-refractivity contribution in [2.45, 2.75) is 12.8 Å². The molecule has 2 rings (SSSR count). The number of hydrogen-bond acceptors (Lipinski definition) is 2. The van der Waals surface area contributed by atoms with Gasteiger partial charge in [0.25, 0.3) is 0 Å². The van der Waals surface area contributed by atoms with E-state index < -0.39 is 0 Å². The van der Waals surface area contributed by atoms with Crippen LogP contribution >= 0.6 is 23.2 Å². The Kier molecular flexibility index (Phi) is 3.68. The third-order valence-electron chi connectivity index (χ3n) is 2.48. The molecule has 0 radical (unpaired) electrons. The van der Waals surface area contributed by atoms with Gasteiger partial charge in [0.1, 0.15) is 6.07 Å². The van der Waals surface area contributed by atoms with Crippen molar-refractivity contribution in [1.82, 2.24) is 9.97 Å². The van der Waals surface area contributed by atoms with Gasteiger partial charge >= 0.3 is 0 Å². The highest BCUT2D eigenvalue weighted by Gasteiger charge is 2.07. The Hall–Kier alpha value is -1.50. The van der Waals surface area contributed by atoms with Crippen LogP contribution in [0.3, 0.4) is 0 Å². The Morgan fingerprint density at radius 1 is 1.29 bits per heavy atom. The summed E-state index contributed by atoms with van der Waals surface area (Å²) in [6.07, 6.45) is 2.97. The number of hydrogen-bond donors (Lipinski definition) is 1. The van der Waals surface area contributed by atoms with Crippen LogP contribution in [0.15, 0.2) is 24.5 Å². The third-order valence-corrected chi connectivity index (χ3v) is 3.07. The standard InChI is InChI=1S/C12H9Cl2N3/c13-9-3-1-8(10(14)5-9)2-4-11-12(6-15)17-7-16-11/h1,3,5,7H,2,4H2,(H,16,17). The summed E-state index contributed by atoms with van der Waals surface area (Å²) in [7, 11) is 0. The molecule has 0 spiro atoms. The molecule has 0 aliphatic carbocycles. The fourth-order valence-electron chi connectivity index (χ4n) is 1.59. The number of aromatic nitrogens is 2. The van der Waals surface area contributed by atoms with Crippen molar-refractivity contribution in [3.63, 3.8) is 0 Å². The van der Waals surface area contributed by atoms with Crippen molar-refractivity contribution in [1.29, 1.82) is 5.26 Å². The lowest BCUT2D eigenvalue weighted by Gasteiger charge is -2.03. The van der Waals surface area contributed by atoms with Gasteiger partial charge in [-0.15, -0.1) is 0 Å². The number of nitrogens with zero attached hydrogens (tertiary/aromatic N) is 2. The number of H-pyrrole nitrogens is 1. The van der Waals surface area contributed by atoms with Gasteiger partial charge in [0, 0.05) is 10.0 Å². The van der Waals surface area contributed by atoms with E-state index in [2.05, 4.69) is 9.97 Å². The summed E-state index contributed by atoms with van der Waals surface area (Å²) in [5.41, 5.74) is 2.28. The first-order valence-corrected chi connectivity index (χ1v) is 5.82. The highest BCUT2D eigenvalue weighted by atomic mass is 35.5. The Balaban J connectivity index is 2.10. The normalized spacial score (nSPS) is 10.2. The number of rotatable bonds is 3. The van der Waals surface area contributed by atoms with E-state index in [0.29, 0.717) is 22.2 Å². The molecule has 0 saturated carbocycles. The fraction of sp³-hybridized carbons (Fsp3) is 0.167. The number of nitrogens with one attached hydrogen (secondary N) is 1. The van der Waals surface area contributed by atoms with E-state index in [0.717, 1.165) is 17.7 Å². The lowest BCUT2D eigenvalue weighted by atomic mass is 10.1. The summed E-state index contributed by atoms with van der Waals surface area (Å²) in [4.78, 5) is 6.87. The molecule has 0 aliphatic heterocycles. The number of aromatic amines is 1. The average Bonchev–Trinajstić information content (AvgIpc) is 2.75. The Bertz CT molecular complexity index is 569. The molecule has 0 amide bonds. The Labute approximate surface area is 109 Å². The molecule has 1 N–H and O–H groups in total. The largest absolute Gasteiger partial charge is 0.347 e. The second kappa shape index (κ2) is 5.22. The topological polar surface area (TPSA) is 52.5 Å². The van der Waals surface area contributed by atoms with Crippen LogP contribution in [0, 0.1) is 11.3 Å². The molecule has 0 saturated heterocycles. The first-order valence-electron chi connectivity index (χ1n) is 5.07. The zero-order valence-electron chi connectivity index (χ0n) is 8.87. The summed E-state index contributed by atoms with van der Waals surface area (Å²) in [6.45, 7) is 0. The SMILES string of the molecule is N#Cc1nc[nH]c1CCc1ccc(Cl)cc1Cl. The first kappa shape index (κ1) is 12.0. The van der Waals surface area contributed by atoms with Gasteiger partial charge in [-0.2, -0.15) is 5.26 Å². The van der Waals surface area contributed by atoms with Crippen LogP contribution in [0.1, 0.15) is 17.0 Å². The number of aryl methyl sites for hydroxylation is 2. The summed E-state index contributed by atoms with van der Waals surface area (Å²) in [5.74, 6) is 0. The molecule has 0 atom stereocenters. The second-order valence-corrected chi connectivity index (χ2v) is 4.42. The van der Waals surface area contributed by atoms with Crippen LogP contribution < -0.4 is 0 Å². The molecule has 0 unspecified atom stereocenters. The van der Waals surface area contributed by atoms with Crippen molar-refractivity contribution in [2.24, 2.45) is 0 Å². The van der Waals surface area contributed by atoms with Crippen LogP contribution in [-0.4, -0.2) is 9.97 Å². The van der Waals surface area contributed by atoms with Crippen LogP contribution in [0.2, 0.25) is 10.0 Å². The monoisotopic (exact) mass is 265 g/mol. The Morgan fingerprint density at radius 2 is 2.12 bits per heavy atom. The number of imidazole rings is 1. The van der Waals surface area contributed by atoms with Gasteiger partial charge in [-0.25, -0.2) is 4.98 Å². The molecule has 0 fully saturated rings. The van der Waals surface area contributed by atoms with E-state index in [1.54, 1.807) is 12.1 Å². The molecular weight excluding hydrogens is 257 g/mol. The number of benzene rings is 1. The molecule has 0 bridgehead atoms.